The first-order valence-corrected chi connectivity index (χ1v) is 6.07. The molecule has 5 nitrogen and oxygen atoms in total. The fourth-order valence-electron chi connectivity index (χ4n) is 1.68. The van der Waals surface area contributed by atoms with E-state index in [1.165, 1.54) is 0 Å². The van der Waals surface area contributed by atoms with Crippen molar-refractivity contribution in [3.05, 3.63) is 0 Å². The number of carbonyl (C=O) groups excluding carboxylic acids is 1. The molecule has 0 atom stereocenters. The predicted molar refractivity (Wildman–Crippen MR) is 66.9 cm³/mol. The van der Waals surface area contributed by atoms with E-state index >= 15 is 0 Å². The first-order valence-electron chi connectivity index (χ1n) is 6.07. The van der Waals surface area contributed by atoms with Crippen molar-refractivity contribution in [2.45, 2.75) is 40.2 Å². The van der Waals surface area contributed by atoms with Crippen molar-refractivity contribution in [1.29, 1.82) is 0 Å². The molecule has 0 unspecified atom stereocenters. The van der Waals surface area contributed by atoms with Gasteiger partial charge in [-0.15, -0.1) is 0 Å². The van der Waals surface area contributed by atoms with Crippen molar-refractivity contribution in [2.75, 3.05) is 26.2 Å². The number of carbonyl (C=O) groups is 2. The standard InChI is InChI=1S/C12H24N2O3/c1-6-13(7-2)10(15)9-14(8-3)12(4,5)11(16)17/h6-9H2,1-5H3,(H,16,17). The molecule has 0 aliphatic heterocycles. The first kappa shape index (κ1) is 15.9. The maximum Gasteiger partial charge on any atom is 0.323 e. The van der Waals surface area contributed by atoms with Crippen LogP contribution < -0.4 is 0 Å². The van der Waals surface area contributed by atoms with Gasteiger partial charge < -0.3 is 10.0 Å². The lowest BCUT2D eigenvalue weighted by Crippen LogP contribution is -2.53. The molecule has 0 saturated heterocycles. The smallest absolute Gasteiger partial charge is 0.323 e. The molecule has 0 aromatic heterocycles. The van der Waals surface area contributed by atoms with Crippen molar-refractivity contribution < 1.29 is 14.7 Å². The lowest BCUT2D eigenvalue weighted by Gasteiger charge is -2.34. The lowest BCUT2D eigenvalue weighted by molar-refractivity contribution is -0.151. The van der Waals surface area contributed by atoms with Crippen LogP contribution in [0.4, 0.5) is 0 Å². The molecule has 0 bridgehead atoms. The van der Waals surface area contributed by atoms with E-state index in [0.717, 1.165) is 0 Å². The van der Waals surface area contributed by atoms with Gasteiger partial charge in [0, 0.05) is 13.1 Å². The summed E-state index contributed by atoms with van der Waals surface area (Å²) in [5.41, 5.74) is -1.02. The highest BCUT2D eigenvalue weighted by Gasteiger charge is 2.35. The minimum Gasteiger partial charge on any atom is -0.480 e. The Hall–Kier alpha value is -1.10. The molecular formula is C12H24N2O3. The number of carboxylic acid groups (broad SMARTS) is 1. The average molecular weight is 244 g/mol. The van der Waals surface area contributed by atoms with Crippen molar-refractivity contribution in [1.82, 2.24) is 9.80 Å². The summed E-state index contributed by atoms with van der Waals surface area (Å²) >= 11 is 0. The van der Waals surface area contributed by atoms with E-state index in [9.17, 15) is 9.59 Å². The third-order valence-electron chi connectivity index (χ3n) is 3.14. The molecular weight excluding hydrogens is 220 g/mol. The minimum absolute atomic E-state index is 0.0221. The minimum atomic E-state index is -1.02. The Bertz CT molecular complexity index is 273. The van der Waals surface area contributed by atoms with Crippen LogP contribution in [0, 0.1) is 0 Å². The van der Waals surface area contributed by atoms with Crippen molar-refractivity contribution in [2.24, 2.45) is 0 Å². The molecule has 17 heavy (non-hydrogen) atoms. The summed E-state index contributed by atoms with van der Waals surface area (Å²) < 4.78 is 0. The number of rotatable bonds is 7. The molecule has 0 fully saturated rings. The maximum absolute atomic E-state index is 11.9. The van der Waals surface area contributed by atoms with Crippen LogP contribution in [0.3, 0.4) is 0 Å². The molecule has 1 amide bonds. The van der Waals surface area contributed by atoms with Gasteiger partial charge in [0.25, 0.3) is 0 Å². The summed E-state index contributed by atoms with van der Waals surface area (Å²) in [6.45, 7) is 10.9. The fourth-order valence-corrected chi connectivity index (χ4v) is 1.68. The second-order valence-corrected chi connectivity index (χ2v) is 4.44. The van der Waals surface area contributed by atoms with Crippen LogP contribution in [0.1, 0.15) is 34.6 Å². The van der Waals surface area contributed by atoms with Crippen LogP contribution >= 0.6 is 0 Å². The molecule has 0 aliphatic rings. The third-order valence-corrected chi connectivity index (χ3v) is 3.14. The molecule has 0 heterocycles. The topological polar surface area (TPSA) is 60.9 Å². The highest BCUT2D eigenvalue weighted by Crippen LogP contribution is 2.14. The van der Waals surface area contributed by atoms with Gasteiger partial charge in [-0.2, -0.15) is 0 Å². The molecule has 100 valence electrons. The molecule has 5 heteroatoms. The quantitative estimate of drug-likeness (QED) is 0.727. The van der Waals surface area contributed by atoms with Crippen LogP contribution in [0.25, 0.3) is 0 Å². The van der Waals surface area contributed by atoms with E-state index in [1.807, 2.05) is 20.8 Å². The number of nitrogens with zero attached hydrogens (tertiary/aromatic N) is 2. The van der Waals surface area contributed by atoms with Crippen molar-refractivity contribution in [3.63, 3.8) is 0 Å². The molecule has 0 saturated carbocycles. The molecule has 0 rings (SSSR count). The highest BCUT2D eigenvalue weighted by atomic mass is 16.4. The van der Waals surface area contributed by atoms with Gasteiger partial charge in [0.1, 0.15) is 5.54 Å². The molecule has 0 radical (unpaired) electrons. The molecule has 0 aromatic rings. The van der Waals surface area contributed by atoms with Gasteiger partial charge in [-0.25, -0.2) is 0 Å². The molecule has 1 N–H and O–H groups in total. The molecule has 0 spiro atoms. The second-order valence-electron chi connectivity index (χ2n) is 4.44. The van der Waals surface area contributed by atoms with E-state index < -0.39 is 11.5 Å². The zero-order chi connectivity index (χ0) is 13.6. The summed E-state index contributed by atoms with van der Waals surface area (Å²) in [5.74, 6) is -0.933. The summed E-state index contributed by atoms with van der Waals surface area (Å²) in [7, 11) is 0. The number of hydrogen-bond donors (Lipinski definition) is 1. The first-order chi connectivity index (χ1) is 7.81. The van der Waals surface area contributed by atoms with Gasteiger partial charge >= 0.3 is 5.97 Å². The zero-order valence-electron chi connectivity index (χ0n) is 11.5. The Morgan fingerprint density at radius 3 is 1.82 bits per heavy atom. The monoisotopic (exact) mass is 244 g/mol. The van der Waals surface area contributed by atoms with E-state index in [2.05, 4.69) is 0 Å². The van der Waals surface area contributed by atoms with Crippen molar-refractivity contribution >= 4 is 11.9 Å². The van der Waals surface area contributed by atoms with Crippen LogP contribution in [0.15, 0.2) is 0 Å². The van der Waals surface area contributed by atoms with Crippen molar-refractivity contribution in [3.8, 4) is 0 Å². The van der Waals surface area contributed by atoms with E-state index in [4.69, 9.17) is 5.11 Å². The largest absolute Gasteiger partial charge is 0.480 e. The van der Waals surface area contributed by atoms with Gasteiger partial charge in [0.15, 0.2) is 0 Å². The zero-order valence-corrected chi connectivity index (χ0v) is 11.5. The van der Waals surface area contributed by atoms with E-state index in [-0.39, 0.29) is 12.5 Å². The van der Waals surface area contributed by atoms with Crippen LogP contribution in [-0.4, -0.2) is 58.5 Å². The maximum atomic E-state index is 11.9. The Morgan fingerprint density at radius 2 is 1.53 bits per heavy atom. The van der Waals surface area contributed by atoms with E-state index in [1.54, 1.807) is 23.6 Å². The molecule has 0 aliphatic carbocycles. The van der Waals surface area contributed by atoms with Crippen LogP contribution in [0.2, 0.25) is 0 Å². The summed E-state index contributed by atoms with van der Waals surface area (Å²) in [5, 5.41) is 9.14. The highest BCUT2D eigenvalue weighted by molar-refractivity contribution is 5.81. The Kier molecular flexibility index (Phi) is 6.16. The normalized spacial score (nSPS) is 11.6. The third kappa shape index (κ3) is 4.00. The average Bonchev–Trinajstić information content (AvgIpc) is 2.26. The number of hydrogen-bond acceptors (Lipinski definition) is 3. The van der Waals surface area contributed by atoms with Crippen LogP contribution in [-0.2, 0) is 9.59 Å². The number of amides is 1. The Labute approximate surface area is 103 Å². The summed E-state index contributed by atoms with van der Waals surface area (Å²) in [4.78, 5) is 26.5. The second kappa shape index (κ2) is 6.59. The predicted octanol–water partition coefficient (Wildman–Crippen LogP) is 1.04. The Balaban J connectivity index is 4.72. The van der Waals surface area contributed by atoms with Gasteiger partial charge in [-0.05, 0) is 34.2 Å². The molecule has 0 aromatic carbocycles. The van der Waals surface area contributed by atoms with Gasteiger partial charge in [-0.3, -0.25) is 14.5 Å². The summed E-state index contributed by atoms with van der Waals surface area (Å²) in [6.07, 6.45) is 0. The number of carboxylic acids is 1. The van der Waals surface area contributed by atoms with Gasteiger partial charge in [0.05, 0.1) is 6.54 Å². The SMILES string of the molecule is CCN(CC)C(=O)CN(CC)C(C)(C)C(=O)O. The number of likely N-dealkylation sites (N-methyl/N-ethyl adjacent to an activating group) is 2. The lowest BCUT2D eigenvalue weighted by atomic mass is 10.0. The fraction of sp³-hybridized carbons (Fsp3) is 0.833. The number of aliphatic carboxylic acids is 1. The van der Waals surface area contributed by atoms with Gasteiger partial charge in [-0.1, -0.05) is 6.92 Å². The van der Waals surface area contributed by atoms with Crippen LogP contribution in [0.5, 0.6) is 0 Å². The van der Waals surface area contributed by atoms with Gasteiger partial charge in [0.2, 0.25) is 5.91 Å². The summed E-state index contributed by atoms with van der Waals surface area (Å²) in [6, 6.07) is 0. The Morgan fingerprint density at radius 1 is 1.06 bits per heavy atom. The van der Waals surface area contributed by atoms with E-state index in [0.29, 0.717) is 19.6 Å².